The molecule has 0 bridgehead atoms. The van der Waals surface area contributed by atoms with Crippen LogP contribution in [0.25, 0.3) is 0 Å². The fourth-order valence-corrected chi connectivity index (χ4v) is 2.87. The van der Waals surface area contributed by atoms with E-state index < -0.39 is 17.8 Å². The number of nitrogens with zero attached hydrogens (tertiary/aromatic N) is 2. The maximum absolute atomic E-state index is 13.1. The molecule has 3 aromatic rings. The van der Waals surface area contributed by atoms with E-state index in [4.69, 9.17) is 14.6 Å². The minimum Gasteiger partial charge on any atom is -0.464 e. The SMILES string of the molecule is COC(=O)c1c(OC(=O)O)n(Cc2ccccc2)c(=O)n1Cc1ccccc1. The van der Waals surface area contributed by atoms with E-state index in [0.29, 0.717) is 0 Å². The van der Waals surface area contributed by atoms with Crippen LogP contribution >= 0.6 is 0 Å². The summed E-state index contributed by atoms with van der Waals surface area (Å²) >= 11 is 0. The summed E-state index contributed by atoms with van der Waals surface area (Å²) in [6.07, 6.45) is -1.64. The third kappa shape index (κ3) is 3.96. The number of esters is 1. The lowest BCUT2D eigenvalue weighted by molar-refractivity contribution is 0.0583. The van der Waals surface area contributed by atoms with Crippen LogP contribution < -0.4 is 10.4 Å². The molecule has 1 aromatic heterocycles. The van der Waals surface area contributed by atoms with Crippen molar-refractivity contribution in [1.82, 2.24) is 9.13 Å². The predicted molar refractivity (Wildman–Crippen MR) is 99.8 cm³/mol. The van der Waals surface area contributed by atoms with Crippen LogP contribution in [0.4, 0.5) is 4.79 Å². The van der Waals surface area contributed by atoms with E-state index >= 15 is 0 Å². The number of ether oxygens (including phenoxy) is 2. The number of carboxylic acid groups (broad SMARTS) is 1. The van der Waals surface area contributed by atoms with E-state index in [1.54, 1.807) is 48.5 Å². The molecule has 0 amide bonds. The summed E-state index contributed by atoms with van der Waals surface area (Å²) in [6, 6.07) is 18.0. The molecule has 0 aliphatic carbocycles. The Kier molecular flexibility index (Phi) is 5.59. The normalized spacial score (nSPS) is 10.5. The van der Waals surface area contributed by atoms with Crippen molar-refractivity contribution < 1.29 is 24.2 Å². The van der Waals surface area contributed by atoms with E-state index in [1.807, 2.05) is 12.1 Å². The first-order valence-corrected chi connectivity index (χ1v) is 8.41. The topological polar surface area (TPSA) is 99.8 Å². The summed E-state index contributed by atoms with van der Waals surface area (Å²) in [6.45, 7) is 0.0932. The fraction of sp³-hybridized carbons (Fsp3) is 0.150. The Bertz CT molecular complexity index is 1040. The summed E-state index contributed by atoms with van der Waals surface area (Å²) in [5.74, 6) is -1.24. The van der Waals surface area contributed by atoms with Gasteiger partial charge < -0.3 is 14.6 Å². The van der Waals surface area contributed by atoms with Crippen LogP contribution in [0.2, 0.25) is 0 Å². The highest BCUT2D eigenvalue weighted by Crippen LogP contribution is 2.22. The highest BCUT2D eigenvalue weighted by atomic mass is 16.7. The fourth-order valence-electron chi connectivity index (χ4n) is 2.87. The van der Waals surface area contributed by atoms with Gasteiger partial charge in [0.2, 0.25) is 5.88 Å². The number of hydrogen-bond donors (Lipinski definition) is 1. The maximum Gasteiger partial charge on any atom is 0.512 e. The molecule has 0 spiro atoms. The molecule has 8 nitrogen and oxygen atoms in total. The monoisotopic (exact) mass is 382 g/mol. The Morgan fingerprint density at radius 1 is 0.893 bits per heavy atom. The lowest BCUT2D eigenvalue weighted by atomic mass is 10.2. The van der Waals surface area contributed by atoms with Gasteiger partial charge in [-0.3, -0.25) is 9.13 Å². The Labute approximate surface area is 160 Å². The molecule has 3 rings (SSSR count). The maximum atomic E-state index is 13.1. The molecule has 0 saturated heterocycles. The van der Waals surface area contributed by atoms with Crippen LogP contribution in [0.1, 0.15) is 21.6 Å². The molecule has 2 aromatic carbocycles. The predicted octanol–water partition coefficient (Wildman–Crippen LogP) is 2.59. The van der Waals surface area contributed by atoms with Crippen molar-refractivity contribution in [2.24, 2.45) is 0 Å². The zero-order chi connectivity index (χ0) is 20.1. The van der Waals surface area contributed by atoms with Crippen molar-refractivity contribution in [3.05, 3.63) is 88.0 Å². The number of benzene rings is 2. The van der Waals surface area contributed by atoms with E-state index in [2.05, 4.69) is 0 Å². The lowest BCUT2D eigenvalue weighted by Crippen LogP contribution is -2.27. The van der Waals surface area contributed by atoms with Gasteiger partial charge in [-0.25, -0.2) is 14.4 Å². The number of rotatable bonds is 6. The van der Waals surface area contributed by atoms with E-state index in [9.17, 15) is 14.4 Å². The van der Waals surface area contributed by atoms with Crippen molar-refractivity contribution in [3.8, 4) is 5.88 Å². The van der Waals surface area contributed by atoms with Gasteiger partial charge in [-0.15, -0.1) is 0 Å². The zero-order valence-electron chi connectivity index (χ0n) is 15.1. The Hall–Kier alpha value is -3.81. The van der Waals surface area contributed by atoms with E-state index in [1.165, 1.54) is 0 Å². The molecule has 0 fully saturated rings. The van der Waals surface area contributed by atoms with Gasteiger partial charge in [-0.1, -0.05) is 60.7 Å². The average molecular weight is 382 g/mol. The second-order valence-electron chi connectivity index (χ2n) is 5.94. The third-order valence-electron chi connectivity index (χ3n) is 4.11. The summed E-state index contributed by atoms with van der Waals surface area (Å²) in [5, 5.41) is 9.13. The first-order valence-electron chi connectivity index (χ1n) is 8.41. The summed E-state index contributed by atoms with van der Waals surface area (Å²) in [5.41, 5.74) is 0.667. The lowest BCUT2D eigenvalue weighted by Gasteiger charge is -2.08. The number of imidazole rings is 1. The molecule has 8 heteroatoms. The highest BCUT2D eigenvalue weighted by molar-refractivity contribution is 5.91. The largest absolute Gasteiger partial charge is 0.512 e. The summed E-state index contributed by atoms with van der Waals surface area (Å²) in [7, 11) is 1.15. The van der Waals surface area contributed by atoms with E-state index in [0.717, 1.165) is 27.4 Å². The number of carbonyl (C=O) groups is 2. The van der Waals surface area contributed by atoms with Gasteiger partial charge in [-0.2, -0.15) is 0 Å². The molecular formula is C20H18N2O6. The van der Waals surface area contributed by atoms with Gasteiger partial charge in [0.1, 0.15) is 0 Å². The molecule has 0 saturated carbocycles. The molecule has 28 heavy (non-hydrogen) atoms. The molecule has 0 radical (unpaired) electrons. The third-order valence-corrected chi connectivity index (χ3v) is 4.11. The summed E-state index contributed by atoms with van der Waals surface area (Å²) < 4.78 is 11.9. The second kappa shape index (κ2) is 8.26. The number of hydrogen-bond acceptors (Lipinski definition) is 5. The molecular weight excluding hydrogens is 364 g/mol. The second-order valence-corrected chi connectivity index (χ2v) is 5.94. The van der Waals surface area contributed by atoms with E-state index in [-0.39, 0.29) is 24.7 Å². The first-order chi connectivity index (χ1) is 13.5. The van der Waals surface area contributed by atoms with Crippen LogP contribution in [0.5, 0.6) is 5.88 Å². The van der Waals surface area contributed by atoms with Crippen LogP contribution in [-0.4, -0.2) is 33.5 Å². The van der Waals surface area contributed by atoms with Gasteiger partial charge in [0.25, 0.3) is 0 Å². The molecule has 1 heterocycles. The molecule has 1 N–H and O–H groups in total. The van der Waals surface area contributed by atoms with Crippen molar-refractivity contribution in [2.75, 3.05) is 7.11 Å². The minimum atomic E-state index is -1.64. The van der Waals surface area contributed by atoms with Crippen molar-refractivity contribution in [1.29, 1.82) is 0 Å². The Morgan fingerprint density at radius 2 is 1.39 bits per heavy atom. The Morgan fingerprint density at radius 3 is 1.86 bits per heavy atom. The van der Waals surface area contributed by atoms with Gasteiger partial charge in [0.05, 0.1) is 20.2 Å². The number of carbonyl (C=O) groups excluding carboxylic acids is 1. The van der Waals surface area contributed by atoms with Crippen LogP contribution in [0.3, 0.4) is 0 Å². The highest BCUT2D eigenvalue weighted by Gasteiger charge is 2.29. The smallest absolute Gasteiger partial charge is 0.464 e. The zero-order valence-corrected chi connectivity index (χ0v) is 15.1. The first kappa shape index (κ1) is 19.0. The molecule has 0 unspecified atom stereocenters. The summed E-state index contributed by atoms with van der Waals surface area (Å²) in [4.78, 5) is 36.7. The van der Waals surface area contributed by atoms with Gasteiger partial charge in [-0.05, 0) is 11.1 Å². The van der Waals surface area contributed by atoms with Gasteiger partial charge in [0.15, 0.2) is 5.69 Å². The van der Waals surface area contributed by atoms with Crippen molar-refractivity contribution in [2.45, 2.75) is 13.1 Å². The number of aromatic nitrogens is 2. The van der Waals surface area contributed by atoms with Gasteiger partial charge >= 0.3 is 17.8 Å². The van der Waals surface area contributed by atoms with Crippen molar-refractivity contribution >= 4 is 12.1 Å². The minimum absolute atomic E-state index is 0.0358. The van der Waals surface area contributed by atoms with Crippen LogP contribution in [0.15, 0.2) is 65.5 Å². The Balaban J connectivity index is 2.18. The van der Waals surface area contributed by atoms with Gasteiger partial charge in [0, 0.05) is 0 Å². The standard InChI is InChI=1S/C20H18N2O6/c1-27-18(23)16-17(28-20(25)26)22(13-15-10-6-3-7-11-15)19(24)21(16)12-14-8-4-2-5-9-14/h2-11H,12-13H2,1H3,(H,25,26). The molecule has 0 aliphatic heterocycles. The molecule has 0 aliphatic rings. The number of methoxy groups -OCH3 is 1. The van der Waals surface area contributed by atoms with Crippen LogP contribution in [0, 0.1) is 0 Å². The quantitative estimate of drug-likeness (QED) is 0.658. The average Bonchev–Trinajstić information content (AvgIpc) is 2.94. The molecule has 144 valence electrons. The van der Waals surface area contributed by atoms with Crippen LogP contribution in [-0.2, 0) is 17.8 Å². The molecule has 0 atom stereocenters. The van der Waals surface area contributed by atoms with Crippen molar-refractivity contribution in [3.63, 3.8) is 0 Å².